The first kappa shape index (κ1) is 25.9. The van der Waals surface area contributed by atoms with Crippen molar-refractivity contribution in [3.63, 3.8) is 0 Å². The zero-order valence-corrected chi connectivity index (χ0v) is 21.4. The zero-order valence-electron chi connectivity index (χ0n) is 21.4. The van der Waals surface area contributed by atoms with Crippen LogP contribution in [0.4, 0.5) is 0 Å². The summed E-state index contributed by atoms with van der Waals surface area (Å²) < 4.78 is 0. The van der Waals surface area contributed by atoms with Crippen LogP contribution in [-0.2, 0) is 0 Å². The molecule has 0 unspecified atom stereocenters. The SMILES string of the molecule is CN(C)C(c1ccc(C(=O)C(C)(C)N(C)C)cc1)c1ccc(C(=O)C(C)(C)N(C)C)cc1. The Morgan fingerprint density at radius 3 is 1.09 bits per heavy atom. The lowest BCUT2D eigenvalue weighted by Crippen LogP contribution is -2.45. The molecule has 174 valence electrons. The highest BCUT2D eigenvalue weighted by Crippen LogP contribution is 2.29. The maximum absolute atomic E-state index is 12.9. The van der Waals surface area contributed by atoms with Crippen molar-refractivity contribution in [1.82, 2.24) is 14.7 Å². The Morgan fingerprint density at radius 2 is 0.875 bits per heavy atom. The molecule has 0 spiro atoms. The van der Waals surface area contributed by atoms with E-state index < -0.39 is 11.1 Å². The number of hydrogen-bond acceptors (Lipinski definition) is 5. The van der Waals surface area contributed by atoms with Crippen LogP contribution in [0.1, 0.15) is 65.6 Å². The lowest BCUT2D eigenvalue weighted by atomic mass is 9.89. The predicted molar refractivity (Wildman–Crippen MR) is 133 cm³/mol. The van der Waals surface area contributed by atoms with Gasteiger partial charge in [0.05, 0.1) is 17.1 Å². The van der Waals surface area contributed by atoms with Crippen molar-refractivity contribution in [2.75, 3.05) is 42.3 Å². The third kappa shape index (κ3) is 5.17. The van der Waals surface area contributed by atoms with Crippen molar-refractivity contribution in [2.45, 2.75) is 44.8 Å². The number of nitrogens with zero attached hydrogens (tertiary/aromatic N) is 3. The lowest BCUT2D eigenvalue weighted by molar-refractivity contribution is 0.0750. The average molecular weight is 438 g/mol. The quantitative estimate of drug-likeness (QED) is 0.545. The second kappa shape index (κ2) is 9.65. The Labute approximate surface area is 194 Å². The van der Waals surface area contributed by atoms with E-state index in [0.717, 1.165) is 11.1 Å². The molecule has 0 aliphatic rings. The summed E-state index contributed by atoms with van der Waals surface area (Å²) in [5, 5.41) is 0. The number of carbonyl (C=O) groups is 2. The van der Waals surface area contributed by atoms with Crippen molar-refractivity contribution >= 4 is 11.6 Å². The van der Waals surface area contributed by atoms with Crippen molar-refractivity contribution < 1.29 is 9.59 Å². The fourth-order valence-corrected chi connectivity index (χ4v) is 3.53. The standard InChI is InChI=1S/C27H39N3O2/c1-26(2,29(7)8)24(31)21-15-11-19(12-16-21)23(28(5)6)20-13-17-22(18-14-20)25(32)27(3,4)30(9)10/h11-18,23H,1-10H3. The molecule has 0 N–H and O–H groups in total. The van der Waals surface area contributed by atoms with Crippen LogP contribution in [-0.4, -0.2) is 79.6 Å². The molecule has 32 heavy (non-hydrogen) atoms. The summed E-state index contributed by atoms with van der Waals surface area (Å²) >= 11 is 0. The van der Waals surface area contributed by atoms with Gasteiger partial charge in [0.2, 0.25) is 0 Å². The van der Waals surface area contributed by atoms with Crippen LogP contribution in [0.15, 0.2) is 48.5 Å². The molecule has 2 rings (SSSR count). The van der Waals surface area contributed by atoms with Crippen molar-refractivity contribution in [2.24, 2.45) is 0 Å². The second-order valence-electron chi connectivity index (χ2n) is 10.2. The van der Waals surface area contributed by atoms with Gasteiger partial charge in [-0.25, -0.2) is 0 Å². The van der Waals surface area contributed by atoms with Gasteiger partial charge in [0.25, 0.3) is 0 Å². The highest BCUT2D eigenvalue weighted by Gasteiger charge is 2.32. The van der Waals surface area contributed by atoms with Gasteiger partial charge in [0.15, 0.2) is 11.6 Å². The molecule has 0 radical (unpaired) electrons. The van der Waals surface area contributed by atoms with Crippen LogP contribution in [0.2, 0.25) is 0 Å². The molecule has 0 bridgehead atoms. The van der Waals surface area contributed by atoms with Gasteiger partial charge in [-0.2, -0.15) is 0 Å². The molecule has 5 heteroatoms. The second-order valence-corrected chi connectivity index (χ2v) is 10.2. The number of likely N-dealkylation sites (N-methyl/N-ethyl adjacent to an activating group) is 2. The number of rotatable bonds is 9. The van der Waals surface area contributed by atoms with Crippen molar-refractivity contribution in [1.29, 1.82) is 0 Å². The number of hydrogen-bond donors (Lipinski definition) is 0. The Morgan fingerprint density at radius 1 is 0.594 bits per heavy atom. The molecule has 0 heterocycles. The molecule has 0 aliphatic heterocycles. The van der Waals surface area contributed by atoms with Gasteiger partial charge < -0.3 is 0 Å². The minimum Gasteiger partial charge on any atom is -0.299 e. The zero-order chi connectivity index (χ0) is 24.4. The summed E-state index contributed by atoms with van der Waals surface area (Å²) in [6.07, 6.45) is 0. The van der Waals surface area contributed by atoms with Crippen LogP contribution < -0.4 is 0 Å². The first-order valence-electron chi connectivity index (χ1n) is 11.0. The first-order chi connectivity index (χ1) is 14.7. The fourth-order valence-electron chi connectivity index (χ4n) is 3.53. The highest BCUT2D eigenvalue weighted by molar-refractivity contribution is 6.03. The first-order valence-corrected chi connectivity index (χ1v) is 11.0. The van der Waals surface area contributed by atoms with E-state index >= 15 is 0 Å². The van der Waals surface area contributed by atoms with Gasteiger partial charge in [-0.15, -0.1) is 0 Å². The van der Waals surface area contributed by atoms with E-state index in [4.69, 9.17) is 0 Å². The maximum atomic E-state index is 12.9. The number of Topliss-reactive ketones (excluding diaryl/α,β-unsaturated/α-hetero) is 2. The molecule has 2 aromatic carbocycles. The van der Waals surface area contributed by atoms with E-state index in [9.17, 15) is 9.59 Å². The van der Waals surface area contributed by atoms with E-state index in [0.29, 0.717) is 11.1 Å². The largest absolute Gasteiger partial charge is 0.299 e. The summed E-state index contributed by atoms with van der Waals surface area (Å²) in [7, 11) is 11.7. The summed E-state index contributed by atoms with van der Waals surface area (Å²) in [6, 6.07) is 15.8. The van der Waals surface area contributed by atoms with Crippen molar-refractivity contribution in [3.8, 4) is 0 Å². The number of carbonyl (C=O) groups excluding carboxylic acids is 2. The normalized spacial score (nSPS) is 12.8. The molecule has 2 aromatic rings. The summed E-state index contributed by atoms with van der Waals surface area (Å²) in [4.78, 5) is 31.9. The molecular weight excluding hydrogens is 398 g/mol. The molecule has 0 fully saturated rings. The minimum atomic E-state index is -0.564. The maximum Gasteiger partial charge on any atom is 0.182 e. The van der Waals surface area contributed by atoms with Gasteiger partial charge in [-0.1, -0.05) is 48.5 Å². The smallest absolute Gasteiger partial charge is 0.182 e. The molecular formula is C27H39N3O2. The van der Waals surface area contributed by atoms with Crippen LogP contribution in [0.3, 0.4) is 0 Å². The highest BCUT2D eigenvalue weighted by atomic mass is 16.1. The van der Waals surface area contributed by atoms with Gasteiger partial charge in [-0.3, -0.25) is 24.3 Å². The van der Waals surface area contributed by atoms with Crippen LogP contribution >= 0.6 is 0 Å². The van der Waals surface area contributed by atoms with Gasteiger partial charge in [0, 0.05) is 11.1 Å². The average Bonchev–Trinajstić information content (AvgIpc) is 2.73. The van der Waals surface area contributed by atoms with Gasteiger partial charge in [-0.05, 0) is 81.1 Å². The Bertz CT molecular complexity index is 864. The molecule has 0 aromatic heterocycles. The molecule has 0 saturated carbocycles. The fraction of sp³-hybridized carbons (Fsp3) is 0.481. The Kier molecular flexibility index (Phi) is 7.82. The molecule has 0 amide bonds. The van der Waals surface area contributed by atoms with Crippen LogP contribution in [0.5, 0.6) is 0 Å². The number of ketones is 2. The lowest BCUT2D eigenvalue weighted by Gasteiger charge is -2.31. The van der Waals surface area contributed by atoms with Crippen LogP contribution in [0, 0.1) is 0 Å². The molecule has 0 aliphatic carbocycles. The summed E-state index contributed by atoms with van der Waals surface area (Å²) in [5.74, 6) is 0.198. The molecule has 0 saturated heterocycles. The van der Waals surface area contributed by atoms with E-state index in [1.54, 1.807) is 0 Å². The third-order valence-electron chi connectivity index (χ3n) is 6.84. The van der Waals surface area contributed by atoms with E-state index in [1.165, 1.54) is 0 Å². The summed E-state index contributed by atoms with van der Waals surface area (Å²) in [6.45, 7) is 7.75. The van der Waals surface area contributed by atoms with Crippen LogP contribution in [0.25, 0.3) is 0 Å². The van der Waals surface area contributed by atoms with Gasteiger partial charge >= 0.3 is 0 Å². The third-order valence-corrected chi connectivity index (χ3v) is 6.84. The predicted octanol–water partition coefficient (Wildman–Crippen LogP) is 4.38. The summed E-state index contributed by atoms with van der Waals surface area (Å²) in [5.41, 5.74) is 2.48. The number of benzene rings is 2. The Balaban J connectivity index is 2.33. The molecule has 5 nitrogen and oxygen atoms in total. The Hall–Kier alpha value is -2.34. The monoisotopic (exact) mass is 437 g/mol. The molecule has 0 atom stereocenters. The van der Waals surface area contributed by atoms with E-state index in [1.807, 2.05) is 128 Å². The van der Waals surface area contributed by atoms with E-state index in [2.05, 4.69) is 4.90 Å². The minimum absolute atomic E-state index is 0.0204. The van der Waals surface area contributed by atoms with Gasteiger partial charge in [0.1, 0.15) is 0 Å². The topological polar surface area (TPSA) is 43.9 Å². The van der Waals surface area contributed by atoms with Crippen molar-refractivity contribution in [3.05, 3.63) is 70.8 Å². The van der Waals surface area contributed by atoms with E-state index in [-0.39, 0.29) is 17.6 Å².